The monoisotopic (exact) mass is 453 g/mol. The first-order chi connectivity index (χ1) is 16.0. The van der Waals surface area contributed by atoms with Crippen molar-refractivity contribution in [3.63, 3.8) is 0 Å². The smallest absolute Gasteiger partial charge is 0.155 e. The van der Waals surface area contributed by atoms with E-state index >= 15 is 0 Å². The zero-order valence-electron chi connectivity index (χ0n) is 17.1. The average Bonchev–Trinajstić information content (AvgIpc) is 3.58. The molecule has 0 saturated heterocycles. The maximum absolute atomic E-state index is 13.6. The molecule has 4 aliphatic rings. The molecule has 0 fully saturated rings. The average molecular weight is 453 g/mol. The van der Waals surface area contributed by atoms with Crippen LogP contribution < -0.4 is 9.06 Å². The third kappa shape index (κ3) is 3.57. The Morgan fingerprint density at radius 3 is 2.24 bits per heavy atom. The van der Waals surface area contributed by atoms with Gasteiger partial charge in [-0.1, -0.05) is 12.1 Å². The number of thiophene rings is 1. The maximum Gasteiger partial charge on any atom is 0.155 e. The van der Waals surface area contributed by atoms with Gasteiger partial charge in [-0.25, -0.2) is 19.4 Å². The van der Waals surface area contributed by atoms with Gasteiger partial charge in [0.25, 0.3) is 0 Å². The van der Waals surface area contributed by atoms with E-state index in [9.17, 15) is 14.6 Å². The Balaban J connectivity index is 1.65. The lowest BCUT2D eigenvalue weighted by Gasteiger charge is -2.08. The molecule has 5 heterocycles. The van der Waals surface area contributed by atoms with E-state index in [2.05, 4.69) is 15.0 Å². The fourth-order valence-corrected chi connectivity index (χ4v) is 4.97. The Hall–Kier alpha value is -3.94. The normalized spacial score (nSPS) is 21.0. The molecule has 1 atom stereocenters. The number of allylic oxidation sites excluding steroid dienone is 6. The SMILES string of the molecule is OC1=C2N=C(C=C3C=CC(=N3)C=C3C=CC(=N3)C=c3ccc(s3)=C2c2ccc(F)cc2)C1O. The summed E-state index contributed by atoms with van der Waals surface area (Å²) in [5.41, 5.74) is 4.81. The molecule has 1 unspecified atom stereocenters. The van der Waals surface area contributed by atoms with Crippen molar-refractivity contribution in [1.82, 2.24) is 0 Å². The van der Waals surface area contributed by atoms with Gasteiger partial charge in [0.1, 0.15) is 11.5 Å². The minimum absolute atomic E-state index is 0.246. The van der Waals surface area contributed by atoms with E-state index in [1.165, 1.54) is 23.5 Å². The highest BCUT2D eigenvalue weighted by atomic mass is 32.1. The molecule has 8 bridgehead atoms. The predicted octanol–water partition coefficient (Wildman–Crippen LogP) is 3.25. The number of hydrogen-bond donors (Lipinski definition) is 2. The number of halogens is 1. The molecule has 0 saturated carbocycles. The molecular weight excluding hydrogens is 437 g/mol. The van der Waals surface area contributed by atoms with Crippen LogP contribution in [-0.2, 0) is 0 Å². The number of aliphatic imine (C=N–C) groups is 3. The zero-order valence-corrected chi connectivity index (χ0v) is 17.9. The van der Waals surface area contributed by atoms with E-state index in [0.29, 0.717) is 16.8 Å². The van der Waals surface area contributed by atoms with Crippen molar-refractivity contribution >= 4 is 40.1 Å². The third-order valence-corrected chi connectivity index (χ3v) is 6.56. The number of hydrogen-bond acceptors (Lipinski definition) is 6. The van der Waals surface area contributed by atoms with Crippen molar-refractivity contribution in [2.24, 2.45) is 15.0 Å². The second-order valence-corrected chi connectivity index (χ2v) is 8.90. The molecule has 2 N–H and O–H groups in total. The Labute approximate surface area is 192 Å². The minimum atomic E-state index is -1.28. The van der Waals surface area contributed by atoms with Gasteiger partial charge in [0.2, 0.25) is 0 Å². The summed E-state index contributed by atoms with van der Waals surface area (Å²) in [6.45, 7) is 0. The van der Waals surface area contributed by atoms with Gasteiger partial charge in [0.05, 0.1) is 28.5 Å². The summed E-state index contributed by atoms with van der Waals surface area (Å²) in [6, 6.07) is 9.90. The van der Waals surface area contributed by atoms with E-state index in [1.807, 2.05) is 48.6 Å². The van der Waals surface area contributed by atoms with Gasteiger partial charge in [-0.2, -0.15) is 0 Å². The third-order valence-electron chi connectivity index (χ3n) is 5.51. The molecule has 0 aliphatic carbocycles. The number of nitrogens with zero attached hydrogens (tertiary/aromatic N) is 3. The highest BCUT2D eigenvalue weighted by Crippen LogP contribution is 2.31. The summed E-state index contributed by atoms with van der Waals surface area (Å²) in [4.78, 5) is 13.8. The van der Waals surface area contributed by atoms with Crippen molar-refractivity contribution < 1.29 is 14.6 Å². The highest BCUT2D eigenvalue weighted by Gasteiger charge is 2.30. The van der Waals surface area contributed by atoms with Crippen LogP contribution in [0.2, 0.25) is 0 Å². The first kappa shape index (κ1) is 19.7. The highest BCUT2D eigenvalue weighted by molar-refractivity contribution is 7.08. The Kier molecular flexibility index (Phi) is 4.53. The predicted molar refractivity (Wildman–Crippen MR) is 129 cm³/mol. The minimum Gasteiger partial charge on any atom is -0.507 e. The van der Waals surface area contributed by atoms with Crippen LogP contribution >= 0.6 is 11.3 Å². The molecule has 7 heteroatoms. The van der Waals surface area contributed by atoms with Crippen molar-refractivity contribution in [3.8, 4) is 0 Å². The largest absolute Gasteiger partial charge is 0.507 e. The standard InChI is InChI=1S/C26H16FN3O2S/c27-15-3-1-14(2-4-15)23-22-10-9-20(33-22)12-18-7-5-16(28-18)11-17-6-8-19(29-17)13-21-25(31)26(32)24(23)30-21/h1-13,25,31-32H. The summed E-state index contributed by atoms with van der Waals surface area (Å²) in [5.74, 6) is -0.605. The van der Waals surface area contributed by atoms with Crippen molar-refractivity contribution in [2.45, 2.75) is 6.10 Å². The maximum atomic E-state index is 13.6. The van der Waals surface area contributed by atoms with Crippen molar-refractivity contribution in [2.75, 3.05) is 0 Å². The van der Waals surface area contributed by atoms with Gasteiger partial charge in [-0.15, -0.1) is 11.3 Å². The van der Waals surface area contributed by atoms with Crippen LogP contribution in [-0.4, -0.2) is 33.5 Å². The van der Waals surface area contributed by atoms with Gasteiger partial charge in [-0.3, -0.25) is 0 Å². The fourth-order valence-electron chi connectivity index (χ4n) is 3.95. The van der Waals surface area contributed by atoms with Crippen molar-refractivity contribution in [1.29, 1.82) is 0 Å². The summed E-state index contributed by atoms with van der Waals surface area (Å²) in [7, 11) is 0. The molecule has 160 valence electrons. The van der Waals surface area contributed by atoms with Crippen LogP contribution in [0.1, 0.15) is 5.56 Å². The fraction of sp³-hybridized carbons (Fsp3) is 0.0385. The molecule has 33 heavy (non-hydrogen) atoms. The van der Waals surface area contributed by atoms with E-state index in [1.54, 1.807) is 18.2 Å². The molecular formula is C26H16FN3O2S. The van der Waals surface area contributed by atoms with Crippen LogP contribution in [0, 0.1) is 5.82 Å². The number of aliphatic hydroxyl groups is 2. The molecule has 6 rings (SSSR count). The van der Waals surface area contributed by atoms with Crippen molar-refractivity contribution in [3.05, 3.63) is 116 Å². The van der Waals surface area contributed by atoms with E-state index in [4.69, 9.17) is 0 Å². The number of aliphatic hydroxyl groups excluding tert-OH is 2. The molecule has 0 radical (unpaired) electrons. The van der Waals surface area contributed by atoms with Crippen LogP contribution in [0.5, 0.6) is 0 Å². The quantitative estimate of drug-likeness (QED) is 0.696. The molecule has 4 aliphatic heterocycles. The number of benzene rings is 1. The van der Waals surface area contributed by atoms with E-state index in [-0.39, 0.29) is 23.0 Å². The second-order valence-electron chi connectivity index (χ2n) is 7.78. The van der Waals surface area contributed by atoms with E-state index in [0.717, 1.165) is 26.2 Å². The van der Waals surface area contributed by atoms with Gasteiger partial charge >= 0.3 is 0 Å². The topological polar surface area (TPSA) is 77.5 Å². The lowest BCUT2D eigenvalue weighted by atomic mass is 10.0. The molecule has 0 spiro atoms. The lowest BCUT2D eigenvalue weighted by Crippen LogP contribution is -2.17. The summed E-state index contributed by atoms with van der Waals surface area (Å²) in [5, 5.41) is 21.6. The number of rotatable bonds is 1. The Bertz CT molecular complexity index is 1580. The van der Waals surface area contributed by atoms with E-state index < -0.39 is 6.10 Å². The summed E-state index contributed by atoms with van der Waals surface area (Å²) >= 11 is 1.50. The van der Waals surface area contributed by atoms with Gasteiger partial charge in [0, 0.05) is 14.6 Å². The molecule has 0 amide bonds. The summed E-state index contributed by atoms with van der Waals surface area (Å²) < 4.78 is 15.4. The van der Waals surface area contributed by atoms with Crippen LogP contribution in [0.15, 0.2) is 111 Å². The number of fused-ring (bicyclic) bond motifs is 5. The molecule has 1 aromatic carbocycles. The van der Waals surface area contributed by atoms with Gasteiger partial charge in [-0.05, 0) is 72.4 Å². The van der Waals surface area contributed by atoms with Gasteiger partial charge < -0.3 is 10.2 Å². The van der Waals surface area contributed by atoms with Crippen LogP contribution in [0.25, 0.3) is 11.6 Å². The first-order valence-electron chi connectivity index (χ1n) is 10.3. The first-order valence-corrected chi connectivity index (χ1v) is 11.1. The summed E-state index contributed by atoms with van der Waals surface area (Å²) in [6.07, 6.45) is 11.8. The molecule has 2 aromatic rings. The molecule has 1 aromatic heterocycles. The van der Waals surface area contributed by atoms with Gasteiger partial charge in [0.15, 0.2) is 11.9 Å². The Morgan fingerprint density at radius 2 is 1.48 bits per heavy atom. The van der Waals surface area contributed by atoms with Crippen LogP contribution in [0.4, 0.5) is 4.39 Å². The zero-order chi connectivity index (χ0) is 22.5. The Morgan fingerprint density at radius 1 is 0.788 bits per heavy atom. The van der Waals surface area contributed by atoms with Crippen LogP contribution in [0.3, 0.4) is 0 Å². The second kappa shape index (κ2) is 7.58. The lowest BCUT2D eigenvalue weighted by molar-refractivity contribution is 0.211. The molecule has 5 nitrogen and oxygen atoms in total.